The summed E-state index contributed by atoms with van der Waals surface area (Å²) in [4.78, 5) is 38.6. The second-order valence-corrected chi connectivity index (χ2v) is 5.89. The molecule has 2 aromatic rings. The fourth-order valence-electron chi connectivity index (χ4n) is 2.83. The first-order valence-electron chi connectivity index (χ1n) is 7.86. The molecule has 1 atom stereocenters. The maximum atomic E-state index is 12.6. The summed E-state index contributed by atoms with van der Waals surface area (Å²) in [5.41, 5.74) is 2.08. The maximum Gasteiger partial charge on any atom is 0.262 e. The molecule has 3 rings (SSSR count). The molecular weight excluding hydrogens is 320 g/mol. The van der Waals surface area contributed by atoms with Crippen LogP contribution >= 0.6 is 0 Å². The lowest BCUT2D eigenvalue weighted by Crippen LogP contribution is -2.45. The molecule has 128 valence electrons. The lowest BCUT2D eigenvalue weighted by Gasteiger charge is -2.22. The van der Waals surface area contributed by atoms with E-state index in [9.17, 15) is 14.4 Å². The van der Waals surface area contributed by atoms with Crippen molar-refractivity contribution in [1.29, 1.82) is 0 Å². The Morgan fingerprint density at radius 2 is 1.68 bits per heavy atom. The third-order valence-corrected chi connectivity index (χ3v) is 4.21. The number of amides is 3. The molecule has 0 fully saturated rings. The van der Waals surface area contributed by atoms with Gasteiger partial charge in [-0.05, 0) is 43.7 Å². The molecule has 1 heterocycles. The number of ether oxygens (including phenoxy) is 1. The Kier molecular flexibility index (Phi) is 4.27. The molecule has 1 N–H and O–H groups in total. The van der Waals surface area contributed by atoms with Gasteiger partial charge >= 0.3 is 0 Å². The Labute approximate surface area is 145 Å². The number of hydrogen-bond donors (Lipinski definition) is 1. The first-order chi connectivity index (χ1) is 11.9. The Morgan fingerprint density at radius 3 is 2.24 bits per heavy atom. The molecule has 0 aliphatic carbocycles. The van der Waals surface area contributed by atoms with E-state index in [2.05, 4.69) is 5.32 Å². The van der Waals surface area contributed by atoms with Crippen LogP contribution in [0.15, 0.2) is 42.5 Å². The zero-order chi connectivity index (χ0) is 18.1. The Hall–Kier alpha value is -3.15. The Balaban J connectivity index is 1.84. The fourth-order valence-corrected chi connectivity index (χ4v) is 2.83. The van der Waals surface area contributed by atoms with Crippen LogP contribution in [0.2, 0.25) is 0 Å². The van der Waals surface area contributed by atoms with Crippen molar-refractivity contribution in [3.8, 4) is 5.75 Å². The van der Waals surface area contributed by atoms with Gasteiger partial charge in [-0.25, -0.2) is 0 Å². The number of methoxy groups -OCH3 is 1. The summed E-state index contributed by atoms with van der Waals surface area (Å²) in [6.45, 7) is 3.42. The molecule has 25 heavy (non-hydrogen) atoms. The zero-order valence-electron chi connectivity index (χ0n) is 14.2. The molecule has 6 heteroatoms. The summed E-state index contributed by atoms with van der Waals surface area (Å²) in [6.07, 6.45) is 0. The van der Waals surface area contributed by atoms with Gasteiger partial charge in [0.15, 0.2) is 0 Å². The molecule has 1 aliphatic rings. The second kappa shape index (κ2) is 6.39. The van der Waals surface area contributed by atoms with Crippen LogP contribution in [0.1, 0.15) is 33.2 Å². The standard InChI is InChI=1S/C19H18N2O4/c1-11-8-9-16(25-3)15(10-11)20-17(22)12(2)21-18(23)13-6-4-5-7-14(13)19(21)24/h4-10,12H,1-3H3,(H,20,22)/t12-/m1/s1. The van der Waals surface area contributed by atoms with E-state index < -0.39 is 23.8 Å². The highest BCUT2D eigenvalue weighted by molar-refractivity contribution is 6.23. The van der Waals surface area contributed by atoms with Gasteiger partial charge in [-0.15, -0.1) is 0 Å². The molecule has 0 radical (unpaired) electrons. The quantitative estimate of drug-likeness (QED) is 0.870. The molecule has 0 spiro atoms. The number of carbonyl (C=O) groups is 3. The number of nitrogens with one attached hydrogen (secondary N) is 1. The number of fused-ring (bicyclic) bond motifs is 1. The molecule has 0 unspecified atom stereocenters. The van der Waals surface area contributed by atoms with Crippen LogP contribution in [-0.2, 0) is 4.79 Å². The van der Waals surface area contributed by atoms with Crippen molar-refractivity contribution in [1.82, 2.24) is 4.90 Å². The van der Waals surface area contributed by atoms with Gasteiger partial charge in [-0.2, -0.15) is 0 Å². The summed E-state index contributed by atoms with van der Waals surface area (Å²) in [5, 5.41) is 2.74. The van der Waals surface area contributed by atoms with E-state index in [1.54, 1.807) is 36.4 Å². The zero-order valence-corrected chi connectivity index (χ0v) is 14.2. The highest BCUT2D eigenvalue weighted by Gasteiger charge is 2.40. The second-order valence-electron chi connectivity index (χ2n) is 5.89. The first-order valence-corrected chi connectivity index (χ1v) is 7.86. The van der Waals surface area contributed by atoms with Crippen molar-refractivity contribution < 1.29 is 19.1 Å². The number of benzene rings is 2. The van der Waals surface area contributed by atoms with Crippen LogP contribution in [0, 0.1) is 6.92 Å². The highest BCUT2D eigenvalue weighted by Crippen LogP contribution is 2.27. The average Bonchev–Trinajstić information content (AvgIpc) is 2.86. The number of nitrogens with zero attached hydrogens (tertiary/aromatic N) is 1. The van der Waals surface area contributed by atoms with Crippen LogP contribution in [0.5, 0.6) is 5.75 Å². The molecule has 0 saturated carbocycles. The smallest absolute Gasteiger partial charge is 0.262 e. The molecule has 0 bridgehead atoms. The van der Waals surface area contributed by atoms with Gasteiger partial charge in [0, 0.05) is 0 Å². The lowest BCUT2D eigenvalue weighted by molar-refractivity contribution is -0.119. The Bertz CT molecular complexity index is 840. The first kappa shape index (κ1) is 16.7. The van der Waals surface area contributed by atoms with Crippen molar-refractivity contribution in [2.24, 2.45) is 0 Å². The van der Waals surface area contributed by atoms with E-state index in [1.165, 1.54) is 14.0 Å². The van der Waals surface area contributed by atoms with Crippen LogP contribution in [0.4, 0.5) is 5.69 Å². The molecule has 0 saturated heterocycles. The molecule has 2 aromatic carbocycles. The molecule has 0 aromatic heterocycles. The van der Waals surface area contributed by atoms with Crippen LogP contribution < -0.4 is 10.1 Å². The molecular formula is C19H18N2O4. The van der Waals surface area contributed by atoms with Gasteiger partial charge in [-0.1, -0.05) is 18.2 Å². The predicted octanol–water partition coefficient (Wildman–Crippen LogP) is 2.63. The van der Waals surface area contributed by atoms with Gasteiger partial charge in [0.2, 0.25) is 5.91 Å². The van der Waals surface area contributed by atoms with E-state index >= 15 is 0 Å². The van der Waals surface area contributed by atoms with E-state index in [0.717, 1.165) is 10.5 Å². The van der Waals surface area contributed by atoms with Gasteiger partial charge < -0.3 is 10.1 Å². The van der Waals surface area contributed by atoms with Crippen molar-refractivity contribution in [3.63, 3.8) is 0 Å². The van der Waals surface area contributed by atoms with E-state index in [0.29, 0.717) is 22.6 Å². The van der Waals surface area contributed by atoms with E-state index in [-0.39, 0.29) is 0 Å². The minimum atomic E-state index is -0.947. The SMILES string of the molecule is COc1ccc(C)cc1NC(=O)[C@@H](C)N1C(=O)c2ccccc2C1=O. The minimum absolute atomic E-state index is 0.320. The van der Waals surface area contributed by atoms with Crippen LogP contribution in [0.3, 0.4) is 0 Å². The van der Waals surface area contributed by atoms with Crippen LogP contribution in [0.25, 0.3) is 0 Å². The van der Waals surface area contributed by atoms with Gasteiger partial charge in [0.25, 0.3) is 11.8 Å². The fraction of sp³-hybridized carbons (Fsp3) is 0.211. The number of hydrogen-bond acceptors (Lipinski definition) is 4. The van der Waals surface area contributed by atoms with Gasteiger partial charge in [-0.3, -0.25) is 19.3 Å². The third-order valence-electron chi connectivity index (χ3n) is 4.21. The summed E-state index contributed by atoms with van der Waals surface area (Å²) >= 11 is 0. The van der Waals surface area contributed by atoms with Gasteiger partial charge in [0.1, 0.15) is 11.8 Å². The maximum absolute atomic E-state index is 12.6. The number of aryl methyl sites for hydroxylation is 1. The topological polar surface area (TPSA) is 75.7 Å². The van der Waals surface area contributed by atoms with Crippen molar-refractivity contribution >= 4 is 23.4 Å². The average molecular weight is 338 g/mol. The third kappa shape index (κ3) is 2.87. The normalized spacial score (nSPS) is 14.3. The molecule has 1 aliphatic heterocycles. The van der Waals surface area contributed by atoms with E-state index in [4.69, 9.17) is 4.74 Å². The number of carbonyl (C=O) groups excluding carboxylic acids is 3. The predicted molar refractivity (Wildman–Crippen MR) is 92.8 cm³/mol. The van der Waals surface area contributed by atoms with Crippen molar-refractivity contribution in [3.05, 3.63) is 59.2 Å². The largest absolute Gasteiger partial charge is 0.495 e. The van der Waals surface area contributed by atoms with Crippen LogP contribution in [-0.4, -0.2) is 35.8 Å². The summed E-state index contributed by atoms with van der Waals surface area (Å²) in [5.74, 6) is -0.870. The number of imide groups is 1. The lowest BCUT2D eigenvalue weighted by atomic mass is 10.1. The minimum Gasteiger partial charge on any atom is -0.495 e. The Morgan fingerprint density at radius 1 is 1.08 bits per heavy atom. The summed E-state index contributed by atoms with van der Waals surface area (Å²) in [6, 6.07) is 11.0. The number of anilines is 1. The number of rotatable bonds is 4. The van der Waals surface area contributed by atoms with E-state index in [1.807, 2.05) is 13.0 Å². The van der Waals surface area contributed by atoms with Gasteiger partial charge in [0.05, 0.1) is 23.9 Å². The molecule has 6 nitrogen and oxygen atoms in total. The molecule has 3 amide bonds. The van der Waals surface area contributed by atoms with Crippen molar-refractivity contribution in [2.45, 2.75) is 19.9 Å². The highest BCUT2D eigenvalue weighted by atomic mass is 16.5. The van der Waals surface area contributed by atoms with Crippen molar-refractivity contribution in [2.75, 3.05) is 12.4 Å². The monoisotopic (exact) mass is 338 g/mol. The summed E-state index contributed by atoms with van der Waals surface area (Å²) in [7, 11) is 1.51. The summed E-state index contributed by atoms with van der Waals surface area (Å²) < 4.78 is 5.24.